The Balaban J connectivity index is 2.09. The molecule has 0 saturated carbocycles. The lowest BCUT2D eigenvalue weighted by Gasteiger charge is -2.29. The van der Waals surface area contributed by atoms with Crippen molar-refractivity contribution in [2.45, 2.75) is 47.9 Å². The number of phosphoric acid groups is 1. The van der Waals surface area contributed by atoms with Gasteiger partial charge in [0.15, 0.2) is 0 Å². The number of hydrogen-bond acceptors (Lipinski definition) is 6. The van der Waals surface area contributed by atoms with E-state index in [2.05, 4.69) is 4.52 Å². The molecular weight excluding hydrogens is 447 g/mol. The molecule has 2 rings (SSSR count). The highest BCUT2D eigenvalue weighted by Crippen LogP contribution is 2.39. The molecule has 0 spiro atoms. The van der Waals surface area contributed by atoms with Crippen molar-refractivity contribution in [3.05, 3.63) is 52.5 Å². The Hall–Kier alpha value is -1.56. The molecule has 0 aliphatic heterocycles. The third kappa shape index (κ3) is 7.60. The molecule has 0 bridgehead atoms. The van der Waals surface area contributed by atoms with Gasteiger partial charge >= 0.3 is 7.82 Å². The lowest BCUT2D eigenvalue weighted by Crippen LogP contribution is -2.44. The van der Waals surface area contributed by atoms with Crippen LogP contribution in [0.15, 0.2) is 46.2 Å². The van der Waals surface area contributed by atoms with Crippen molar-refractivity contribution in [1.29, 1.82) is 5.26 Å². The number of phenolic OH excluding ortho intramolecular Hbond substituents is 1. The van der Waals surface area contributed by atoms with Gasteiger partial charge in [-0.15, -0.1) is 0 Å². The Bertz CT molecular complexity index is 978. The highest BCUT2D eigenvalue weighted by molar-refractivity contribution is 7.99. The van der Waals surface area contributed by atoms with Gasteiger partial charge in [0.2, 0.25) is 0 Å². The van der Waals surface area contributed by atoms with Crippen LogP contribution in [0.3, 0.4) is 0 Å². The van der Waals surface area contributed by atoms with Crippen LogP contribution in [0.25, 0.3) is 0 Å². The number of phosphoric ester groups is 1. The molecule has 0 aliphatic carbocycles. The number of rotatable bonds is 10. The lowest BCUT2D eigenvalue weighted by atomic mass is 9.89. The summed E-state index contributed by atoms with van der Waals surface area (Å²) in [4.78, 5) is 19.3. The Labute approximate surface area is 185 Å². The maximum Gasteiger partial charge on any atom is 0.469 e. The van der Waals surface area contributed by atoms with Crippen molar-refractivity contribution in [2.75, 3.05) is 6.61 Å². The molecule has 0 radical (unpaired) electrons. The maximum atomic E-state index is 11.0. The van der Waals surface area contributed by atoms with Gasteiger partial charge in [-0.3, -0.25) is 4.52 Å². The average Bonchev–Trinajstić information content (AvgIpc) is 2.67. The zero-order valence-corrected chi connectivity index (χ0v) is 18.9. The summed E-state index contributed by atoms with van der Waals surface area (Å²) in [6.07, 6.45) is 2.25. The number of hydrogen-bond donors (Lipinski definition) is 4. The Morgan fingerprint density at radius 1 is 1.27 bits per heavy atom. The second kappa shape index (κ2) is 10.7. The van der Waals surface area contributed by atoms with E-state index in [1.54, 1.807) is 18.2 Å². The summed E-state index contributed by atoms with van der Waals surface area (Å²) < 4.78 is 15.7. The minimum absolute atomic E-state index is 0.0803. The minimum Gasteiger partial charge on any atom is -0.507 e. The molecule has 0 saturated heterocycles. The van der Waals surface area contributed by atoms with Crippen LogP contribution in [-0.2, 0) is 15.5 Å². The van der Waals surface area contributed by atoms with Crippen molar-refractivity contribution >= 4 is 31.2 Å². The van der Waals surface area contributed by atoms with Gasteiger partial charge in [0, 0.05) is 15.5 Å². The Morgan fingerprint density at radius 3 is 2.60 bits per heavy atom. The summed E-state index contributed by atoms with van der Waals surface area (Å²) in [6.45, 7) is 1.69. The summed E-state index contributed by atoms with van der Waals surface area (Å²) in [5.41, 5.74) is 6.74. The molecule has 2 aromatic carbocycles. The van der Waals surface area contributed by atoms with Gasteiger partial charge in [0.05, 0.1) is 23.1 Å². The number of aromatic hydroxyl groups is 1. The SMILES string of the molecule is CCC[C@](N)(CCc1ccc(Sc2cc(C#N)ccc2O)cc1Cl)COP(=O)(O)O. The van der Waals surface area contributed by atoms with Gasteiger partial charge in [0.25, 0.3) is 0 Å². The normalized spacial score (nSPS) is 13.6. The van der Waals surface area contributed by atoms with Gasteiger partial charge in [-0.2, -0.15) is 5.26 Å². The van der Waals surface area contributed by atoms with E-state index in [0.29, 0.717) is 34.7 Å². The number of benzene rings is 2. The molecule has 0 aliphatic rings. The van der Waals surface area contributed by atoms with Crippen LogP contribution in [-0.4, -0.2) is 27.0 Å². The molecule has 1 atom stereocenters. The highest BCUT2D eigenvalue weighted by Gasteiger charge is 2.28. The number of halogens is 1. The minimum atomic E-state index is -4.59. The van der Waals surface area contributed by atoms with Gasteiger partial charge in [-0.05, 0) is 55.2 Å². The molecule has 30 heavy (non-hydrogen) atoms. The number of nitrogens with two attached hydrogens (primary N) is 1. The number of nitrogens with zero attached hydrogens (tertiary/aromatic N) is 1. The van der Waals surface area contributed by atoms with Crippen LogP contribution in [0.2, 0.25) is 5.02 Å². The zero-order chi connectivity index (χ0) is 22.4. The second-order valence-corrected chi connectivity index (χ2v) is 9.79. The average molecular weight is 471 g/mol. The fourth-order valence-corrected chi connectivity index (χ4v) is 4.64. The van der Waals surface area contributed by atoms with Gasteiger partial charge < -0.3 is 20.6 Å². The van der Waals surface area contributed by atoms with Gasteiger partial charge in [0.1, 0.15) is 5.75 Å². The van der Waals surface area contributed by atoms with E-state index in [4.69, 9.17) is 32.4 Å². The summed E-state index contributed by atoms with van der Waals surface area (Å²) in [7, 11) is -4.59. The molecule has 0 aromatic heterocycles. The third-order valence-corrected chi connectivity index (χ3v) is 6.36. The first kappa shape index (κ1) is 24.7. The molecule has 0 amide bonds. The lowest BCUT2D eigenvalue weighted by molar-refractivity contribution is 0.141. The first-order valence-electron chi connectivity index (χ1n) is 9.23. The van der Waals surface area contributed by atoms with Crippen LogP contribution < -0.4 is 5.73 Å². The van der Waals surface area contributed by atoms with Crippen molar-refractivity contribution < 1.29 is 24.0 Å². The molecule has 7 nitrogen and oxygen atoms in total. The van der Waals surface area contributed by atoms with Crippen LogP contribution >= 0.6 is 31.2 Å². The van der Waals surface area contributed by atoms with Crippen LogP contribution in [0.4, 0.5) is 0 Å². The first-order chi connectivity index (χ1) is 14.0. The molecule has 10 heteroatoms. The van der Waals surface area contributed by atoms with E-state index in [1.165, 1.54) is 17.8 Å². The van der Waals surface area contributed by atoms with E-state index < -0.39 is 13.4 Å². The quantitative estimate of drug-likeness (QED) is 0.369. The molecule has 5 N–H and O–H groups in total. The topological polar surface area (TPSA) is 137 Å². The summed E-state index contributed by atoms with van der Waals surface area (Å²) in [5.74, 6) is 0.0803. The number of nitriles is 1. The zero-order valence-electron chi connectivity index (χ0n) is 16.4. The van der Waals surface area contributed by atoms with Crippen LogP contribution in [0.1, 0.15) is 37.3 Å². The monoisotopic (exact) mass is 470 g/mol. The van der Waals surface area contributed by atoms with Crippen molar-refractivity contribution in [3.63, 3.8) is 0 Å². The standard InChI is InChI=1S/C20H24ClN2O5PS/c1-2-8-20(23,13-28-29(25,26)27)9-7-15-4-5-16(11-17(15)21)30-19-10-14(12-22)3-6-18(19)24/h3-6,10-11,24H,2,7-9,13,23H2,1H3,(H2,25,26,27)/t20-/m0/s1. The van der Waals surface area contributed by atoms with Gasteiger partial charge in [-0.25, -0.2) is 4.57 Å². The molecule has 2 aromatic rings. The van der Waals surface area contributed by atoms with E-state index >= 15 is 0 Å². The van der Waals surface area contributed by atoms with Crippen LogP contribution in [0, 0.1) is 11.3 Å². The van der Waals surface area contributed by atoms with Crippen LogP contribution in [0.5, 0.6) is 5.75 Å². The van der Waals surface area contributed by atoms with E-state index in [1.807, 2.05) is 25.1 Å². The number of aryl methyl sites for hydroxylation is 1. The van der Waals surface area contributed by atoms with E-state index in [0.717, 1.165) is 16.9 Å². The highest BCUT2D eigenvalue weighted by atomic mass is 35.5. The molecule has 0 fully saturated rings. The first-order valence-corrected chi connectivity index (χ1v) is 12.0. The molecular formula is C20H24ClN2O5PS. The smallest absolute Gasteiger partial charge is 0.469 e. The summed E-state index contributed by atoms with van der Waals surface area (Å²) in [6, 6.07) is 12.1. The fourth-order valence-electron chi connectivity index (χ4n) is 2.95. The van der Waals surface area contributed by atoms with Crippen molar-refractivity contribution in [3.8, 4) is 11.8 Å². The fraction of sp³-hybridized carbons (Fsp3) is 0.350. The molecule has 0 heterocycles. The van der Waals surface area contributed by atoms with Crippen molar-refractivity contribution in [2.24, 2.45) is 5.73 Å². The third-order valence-electron chi connectivity index (χ3n) is 4.50. The second-order valence-electron chi connectivity index (χ2n) is 7.03. The Morgan fingerprint density at radius 2 is 2.00 bits per heavy atom. The predicted molar refractivity (Wildman–Crippen MR) is 117 cm³/mol. The number of phenols is 1. The molecule has 162 valence electrons. The largest absolute Gasteiger partial charge is 0.507 e. The van der Waals surface area contributed by atoms with E-state index in [-0.39, 0.29) is 12.4 Å². The Kier molecular flexibility index (Phi) is 8.77. The predicted octanol–water partition coefficient (Wildman–Crippen LogP) is 4.61. The maximum absolute atomic E-state index is 11.0. The summed E-state index contributed by atoms with van der Waals surface area (Å²) >= 11 is 7.72. The molecule has 0 unspecified atom stereocenters. The van der Waals surface area contributed by atoms with Crippen molar-refractivity contribution in [1.82, 2.24) is 0 Å². The van der Waals surface area contributed by atoms with E-state index in [9.17, 15) is 9.67 Å². The van der Waals surface area contributed by atoms with Gasteiger partial charge in [-0.1, -0.05) is 42.8 Å². The summed E-state index contributed by atoms with van der Waals surface area (Å²) in [5, 5.41) is 19.5.